The van der Waals surface area contributed by atoms with Gasteiger partial charge >= 0.3 is 0 Å². The van der Waals surface area contributed by atoms with Crippen LogP contribution in [0.25, 0.3) is 11.3 Å². The van der Waals surface area contributed by atoms with Gasteiger partial charge in [0, 0.05) is 5.56 Å². The number of benzene rings is 1. The summed E-state index contributed by atoms with van der Waals surface area (Å²) in [6.07, 6.45) is 3.05. The molecule has 2 heterocycles. The first-order valence-electron chi connectivity index (χ1n) is 7.45. The van der Waals surface area contributed by atoms with Crippen LogP contribution in [0.5, 0.6) is 5.75 Å². The van der Waals surface area contributed by atoms with E-state index in [4.69, 9.17) is 20.8 Å². The molecule has 1 amide bonds. The van der Waals surface area contributed by atoms with Gasteiger partial charge in [0.05, 0.1) is 41.9 Å². The molecule has 7 heteroatoms. The van der Waals surface area contributed by atoms with E-state index < -0.39 is 0 Å². The zero-order chi connectivity index (χ0) is 16.9. The van der Waals surface area contributed by atoms with Gasteiger partial charge < -0.3 is 14.5 Å². The average molecular weight is 346 g/mol. The molecular formula is C17H16ClN3O3. The third-order valence-corrected chi connectivity index (χ3v) is 3.70. The first-order valence-corrected chi connectivity index (χ1v) is 7.83. The summed E-state index contributed by atoms with van der Waals surface area (Å²) in [5.74, 6) is 1.03. The molecule has 0 aliphatic carbocycles. The maximum absolute atomic E-state index is 12.4. The molecule has 0 saturated carbocycles. The van der Waals surface area contributed by atoms with Crippen molar-refractivity contribution >= 4 is 17.5 Å². The number of nitrogens with zero attached hydrogens (tertiary/aromatic N) is 1. The van der Waals surface area contributed by atoms with Crippen LogP contribution in [-0.4, -0.2) is 22.7 Å². The second-order valence-corrected chi connectivity index (χ2v) is 5.41. The van der Waals surface area contributed by atoms with Crippen LogP contribution in [0.1, 0.15) is 23.0 Å². The van der Waals surface area contributed by atoms with E-state index in [2.05, 4.69) is 15.5 Å². The Hall–Kier alpha value is -2.73. The number of nitrogens with one attached hydrogen (secondary N) is 2. The number of aromatic amines is 1. The molecule has 2 N–H and O–H groups in total. The molecule has 6 nitrogen and oxygen atoms in total. The van der Waals surface area contributed by atoms with E-state index in [-0.39, 0.29) is 5.91 Å². The number of hydrogen-bond donors (Lipinski definition) is 2. The van der Waals surface area contributed by atoms with Crippen LogP contribution in [0.3, 0.4) is 0 Å². The summed E-state index contributed by atoms with van der Waals surface area (Å²) < 4.78 is 10.6. The highest BCUT2D eigenvalue weighted by atomic mass is 35.5. The molecule has 24 heavy (non-hydrogen) atoms. The van der Waals surface area contributed by atoms with Crippen molar-refractivity contribution in [3.63, 3.8) is 0 Å². The fraction of sp³-hybridized carbons (Fsp3) is 0.176. The van der Waals surface area contributed by atoms with Crippen LogP contribution in [0, 0.1) is 0 Å². The van der Waals surface area contributed by atoms with Gasteiger partial charge in [0.2, 0.25) is 0 Å². The van der Waals surface area contributed by atoms with Crippen LogP contribution >= 0.6 is 11.6 Å². The normalized spacial score (nSPS) is 10.6. The predicted octanol–water partition coefficient (Wildman–Crippen LogP) is 3.65. The number of rotatable bonds is 6. The Morgan fingerprint density at radius 2 is 2.29 bits per heavy atom. The Balaban J connectivity index is 1.79. The number of furan rings is 1. The number of hydrogen-bond acceptors (Lipinski definition) is 4. The topological polar surface area (TPSA) is 80.1 Å². The Kier molecular flexibility index (Phi) is 4.86. The summed E-state index contributed by atoms with van der Waals surface area (Å²) >= 11 is 6.21. The second-order valence-electron chi connectivity index (χ2n) is 5.00. The quantitative estimate of drug-likeness (QED) is 0.714. The van der Waals surface area contributed by atoms with Crippen molar-refractivity contribution in [1.82, 2.24) is 15.5 Å². The zero-order valence-electron chi connectivity index (χ0n) is 13.0. The predicted molar refractivity (Wildman–Crippen MR) is 90.1 cm³/mol. The van der Waals surface area contributed by atoms with Crippen molar-refractivity contribution in [2.24, 2.45) is 0 Å². The first kappa shape index (κ1) is 16.1. The van der Waals surface area contributed by atoms with E-state index in [9.17, 15) is 4.79 Å². The summed E-state index contributed by atoms with van der Waals surface area (Å²) in [6.45, 7) is 2.73. The maximum atomic E-state index is 12.4. The molecule has 0 atom stereocenters. The third kappa shape index (κ3) is 3.44. The number of amides is 1. The minimum atomic E-state index is -0.250. The highest BCUT2D eigenvalue weighted by Gasteiger charge is 2.16. The molecule has 0 saturated heterocycles. The minimum Gasteiger partial charge on any atom is -0.492 e. The van der Waals surface area contributed by atoms with Crippen LogP contribution in [0.4, 0.5) is 0 Å². The fourth-order valence-electron chi connectivity index (χ4n) is 2.28. The van der Waals surface area contributed by atoms with E-state index >= 15 is 0 Å². The molecule has 124 valence electrons. The number of ether oxygens (including phenoxy) is 1. The standard InChI is InChI=1S/C17H16ClN3O3/c1-2-23-15-6-5-11(8-14(15)18)16-13(10-20-21-16)17(22)19-9-12-4-3-7-24-12/h3-8,10H,2,9H2,1H3,(H,19,22)(H,20,21). The summed E-state index contributed by atoms with van der Waals surface area (Å²) in [5, 5.41) is 10.1. The number of H-pyrrole nitrogens is 1. The van der Waals surface area contributed by atoms with Gasteiger partial charge in [0.1, 0.15) is 11.5 Å². The zero-order valence-corrected chi connectivity index (χ0v) is 13.8. The van der Waals surface area contributed by atoms with E-state index in [0.717, 1.165) is 5.56 Å². The van der Waals surface area contributed by atoms with E-state index in [1.54, 1.807) is 30.5 Å². The molecule has 0 spiro atoms. The molecule has 3 aromatic rings. The molecule has 2 aromatic heterocycles. The lowest BCUT2D eigenvalue weighted by Gasteiger charge is -2.08. The van der Waals surface area contributed by atoms with Gasteiger partial charge in [-0.1, -0.05) is 11.6 Å². The number of aromatic nitrogens is 2. The molecule has 1 aromatic carbocycles. The summed E-state index contributed by atoms with van der Waals surface area (Å²) in [7, 11) is 0. The Bertz CT molecular complexity index is 827. The summed E-state index contributed by atoms with van der Waals surface area (Å²) in [6, 6.07) is 8.90. The van der Waals surface area contributed by atoms with Crippen molar-refractivity contribution < 1.29 is 13.9 Å². The van der Waals surface area contributed by atoms with Crippen LogP contribution in [0.15, 0.2) is 47.2 Å². The highest BCUT2D eigenvalue weighted by Crippen LogP contribution is 2.31. The highest BCUT2D eigenvalue weighted by molar-refractivity contribution is 6.32. The molecule has 0 fully saturated rings. The lowest BCUT2D eigenvalue weighted by molar-refractivity contribution is 0.0948. The SMILES string of the molecule is CCOc1ccc(-c2[nH]ncc2C(=O)NCc2ccco2)cc1Cl. The molecule has 3 rings (SSSR count). The lowest BCUT2D eigenvalue weighted by Crippen LogP contribution is -2.22. The van der Waals surface area contributed by atoms with E-state index in [1.807, 2.05) is 13.0 Å². The second kappa shape index (κ2) is 7.23. The van der Waals surface area contributed by atoms with Crippen molar-refractivity contribution in [3.8, 4) is 17.0 Å². The summed E-state index contributed by atoms with van der Waals surface area (Å²) in [4.78, 5) is 12.4. The number of carbonyl (C=O) groups excluding carboxylic acids is 1. The van der Waals surface area contributed by atoms with Gasteiger partial charge in [0.25, 0.3) is 5.91 Å². The van der Waals surface area contributed by atoms with Gasteiger partial charge in [-0.25, -0.2) is 0 Å². The fourth-order valence-corrected chi connectivity index (χ4v) is 2.52. The largest absolute Gasteiger partial charge is 0.492 e. The molecule has 0 aliphatic heterocycles. The van der Waals surface area contributed by atoms with Crippen molar-refractivity contribution in [2.75, 3.05) is 6.61 Å². The monoisotopic (exact) mass is 345 g/mol. The maximum Gasteiger partial charge on any atom is 0.255 e. The summed E-state index contributed by atoms with van der Waals surface area (Å²) in [5.41, 5.74) is 1.78. The lowest BCUT2D eigenvalue weighted by atomic mass is 10.1. The van der Waals surface area contributed by atoms with Crippen molar-refractivity contribution in [1.29, 1.82) is 0 Å². The molecule has 0 bridgehead atoms. The smallest absolute Gasteiger partial charge is 0.255 e. The Morgan fingerprint density at radius 1 is 1.42 bits per heavy atom. The van der Waals surface area contributed by atoms with Crippen LogP contribution < -0.4 is 10.1 Å². The third-order valence-electron chi connectivity index (χ3n) is 3.41. The van der Waals surface area contributed by atoms with Crippen molar-refractivity contribution in [3.05, 3.63) is 59.1 Å². The first-order chi connectivity index (χ1) is 11.7. The van der Waals surface area contributed by atoms with Gasteiger partial charge in [-0.05, 0) is 37.3 Å². The van der Waals surface area contributed by atoms with Gasteiger partial charge in [-0.2, -0.15) is 5.10 Å². The van der Waals surface area contributed by atoms with Crippen molar-refractivity contribution in [2.45, 2.75) is 13.5 Å². The van der Waals surface area contributed by atoms with Gasteiger partial charge in [-0.3, -0.25) is 9.89 Å². The van der Waals surface area contributed by atoms with Crippen LogP contribution in [0.2, 0.25) is 5.02 Å². The van der Waals surface area contributed by atoms with E-state index in [0.29, 0.717) is 40.9 Å². The number of carbonyl (C=O) groups is 1. The minimum absolute atomic E-state index is 0.250. The Labute approximate surface area is 143 Å². The average Bonchev–Trinajstić information content (AvgIpc) is 3.26. The molecule has 0 aliphatic rings. The molecule has 0 radical (unpaired) electrons. The van der Waals surface area contributed by atoms with Crippen LogP contribution in [-0.2, 0) is 6.54 Å². The molecular weight excluding hydrogens is 330 g/mol. The number of halogens is 1. The molecule has 0 unspecified atom stereocenters. The van der Waals surface area contributed by atoms with Gasteiger partial charge in [0.15, 0.2) is 0 Å². The van der Waals surface area contributed by atoms with E-state index in [1.165, 1.54) is 6.20 Å². The Morgan fingerprint density at radius 3 is 3.00 bits per heavy atom. The van der Waals surface area contributed by atoms with Gasteiger partial charge in [-0.15, -0.1) is 0 Å².